The van der Waals surface area contributed by atoms with Gasteiger partial charge in [-0.05, 0) is 111 Å². The van der Waals surface area contributed by atoms with Gasteiger partial charge in [-0.3, -0.25) is 0 Å². The molecule has 4 aromatic carbocycles. The standard InChI is InChI=1S/C55H48N5O4/c1-54(2)32-40(33-55(3,4)60(54)62)64-49(61)34-63-39-22-20-38(21-23-39)53-47-30-28-45(58-47)51(36-16-10-6-11-17-36)43-26-24-41(56-43)50(35-14-8-5-9-15-35)42-25-27-44(57-42)52(37-18-12-7-13-19-37)46-29-31-48(53)59-46/h5-31,40,56,59H,32-34H2,1-4H3. The second-order valence-electron chi connectivity index (χ2n) is 17.9. The Kier molecular flexibility index (Phi) is 10.4. The number of rotatable bonds is 8. The van der Waals surface area contributed by atoms with Crippen LogP contribution in [0.3, 0.4) is 0 Å². The Balaban J connectivity index is 1.12. The van der Waals surface area contributed by atoms with Crippen molar-refractivity contribution in [2.45, 2.75) is 57.7 Å². The largest absolute Gasteiger partial charge is 0.482 e. The van der Waals surface area contributed by atoms with Crippen LogP contribution in [-0.4, -0.2) is 54.8 Å². The maximum atomic E-state index is 13.1. The van der Waals surface area contributed by atoms with Gasteiger partial charge in [0.05, 0.1) is 22.8 Å². The van der Waals surface area contributed by atoms with Crippen LogP contribution in [0.2, 0.25) is 0 Å². The quantitative estimate of drug-likeness (QED) is 0.147. The number of benzene rings is 4. The fourth-order valence-corrected chi connectivity index (χ4v) is 9.57. The zero-order valence-electron chi connectivity index (χ0n) is 36.3. The molecule has 6 heterocycles. The topological polar surface area (TPSA) is 116 Å². The lowest BCUT2D eigenvalue weighted by Crippen LogP contribution is -2.60. The molecule has 9 nitrogen and oxygen atoms in total. The molecule has 2 N–H and O–H groups in total. The van der Waals surface area contributed by atoms with Crippen LogP contribution in [0.15, 0.2) is 140 Å². The molecular weight excluding hydrogens is 795 g/mol. The molecule has 0 saturated carbocycles. The number of esters is 1. The summed E-state index contributed by atoms with van der Waals surface area (Å²) >= 11 is 0. The zero-order chi connectivity index (χ0) is 44.0. The van der Waals surface area contributed by atoms with Gasteiger partial charge in [0.2, 0.25) is 0 Å². The highest BCUT2D eigenvalue weighted by molar-refractivity contribution is 5.99. The van der Waals surface area contributed by atoms with E-state index in [1.165, 1.54) is 0 Å². The van der Waals surface area contributed by atoms with E-state index in [1.54, 1.807) is 0 Å². The van der Waals surface area contributed by atoms with E-state index in [1.807, 2.05) is 94.4 Å². The van der Waals surface area contributed by atoms with Crippen molar-refractivity contribution in [2.75, 3.05) is 6.61 Å². The first kappa shape index (κ1) is 40.7. The van der Waals surface area contributed by atoms with E-state index in [9.17, 15) is 10.0 Å². The first-order chi connectivity index (χ1) is 31.0. The fourth-order valence-electron chi connectivity index (χ4n) is 9.57. The monoisotopic (exact) mass is 842 g/mol. The van der Waals surface area contributed by atoms with Crippen molar-refractivity contribution in [3.8, 4) is 50.3 Å². The van der Waals surface area contributed by atoms with Crippen molar-refractivity contribution >= 4 is 52.3 Å². The van der Waals surface area contributed by atoms with Gasteiger partial charge in [0.25, 0.3) is 0 Å². The van der Waals surface area contributed by atoms with Gasteiger partial charge in [-0.2, -0.15) is 0 Å². The molecule has 64 heavy (non-hydrogen) atoms. The van der Waals surface area contributed by atoms with Crippen LogP contribution in [0.25, 0.3) is 90.9 Å². The number of fused-ring (bicyclic) bond motifs is 8. The van der Waals surface area contributed by atoms with E-state index < -0.39 is 17.0 Å². The third-order valence-corrected chi connectivity index (χ3v) is 12.3. The highest BCUT2D eigenvalue weighted by Gasteiger charge is 2.47. The van der Waals surface area contributed by atoms with Crippen LogP contribution in [0, 0.1) is 0 Å². The Bertz CT molecular complexity index is 3060. The minimum Gasteiger partial charge on any atom is -0.482 e. The van der Waals surface area contributed by atoms with E-state index in [-0.39, 0.29) is 12.7 Å². The highest BCUT2D eigenvalue weighted by atomic mass is 16.6. The lowest BCUT2D eigenvalue weighted by molar-refractivity contribution is -0.299. The average molecular weight is 843 g/mol. The van der Waals surface area contributed by atoms with E-state index in [0.717, 1.165) is 94.4 Å². The van der Waals surface area contributed by atoms with Gasteiger partial charge in [-0.1, -0.05) is 103 Å². The van der Waals surface area contributed by atoms with Gasteiger partial charge in [-0.15, -0.1) is 10.3 Å². The molecule has 3 aliphatic heterocycles. The molecule has 1 saturated heterocycles. The summed E-state index contributed by atoms with van der Waals surface area (Å²) in [5.74, 6) is 0.0599. The van der Waals surface area contributed by atoms with Crippen LogP contribution in [0.5, 0.6) is 5.75 Å². The van der Waals surface area contributed by atoms with E-state index in [0.29, 0.717) is 18.6 Å². The molecule has 3 aliphatic rings. The predicted octanol–water partition coefficient (Wildman–Crippen LogP) is 12.6. The van der Waals surface area contributed by atoms with Crippen molar-refractivity contribution in [3.05, 3.63) is 162 Å². The van der Waals surface area contributed by atoms with Crippen molar-refractivity contribution in [2.24, 2.45) is 0 Å². The molecular formula is C55H48N5O4. The number of carbonyl (C=O) groups excluding carboxylic acids is 1. The van der Waals surface area contributed by atoms with E-state index in [2.05, 4.69) is 107 Å². The molecule has 0 unspecified atom stereocenters. The van der Waals surface area contributed by atoms with Crippen LogP contribution in [0.4, 0.5) is 0 Å². The zero-order valence-corrected chi connectivity index (χ0v) is 36.3. The number of nitrogens with one attached hydrogen (secondary N) is 2. The molecule has 1 fully saturated rings. The molecule has 7 aromatic rings. The first-order valence-corrected chi connectivity index (χ1v) is 21.7. The van der Waals surface area contributed by atoms with Gasteiger partial charge in [0.15, 0.2) is 6.61 Å². The van der Waals surface area contributed by atoms with Crippen molar-refractivity contribution in [3.63, 3.8) is 0 Å². The molecule has 10 rings (SSSR count). The molecule has 3 aromatic heterocycles. The first-order valence-electron chi connectivity index (χ1n) is 21.7. The Morgan fingerprint density at radius 3 is 1.23 bits per heavy atom. The Labute approximate surface area is 372 Å². The summed E-state index contributed by atoms with van der Waals surface area (Å²) in [7, 11) is 0. The lowest BCUT2D eigenvalue weighted by Gasteiger charge is -2.49. The summed E-state index contributed by atoms with van der Waals surface area (Å²) in [6, 6.07) is 47.3. The van der Waals surface area contributed by atoms with Crippen LogP contribution >= 0.6 is 0 Å². The molecule has 8 bridgehead atoms. The molecule has 317 valence electrons. The maximum absolute atomic E-state index is 13.1. The number of piperidine rings is 1. The van der Waals surface area contributed by atoms with Crippen LogP contribution in [-0.2, 0) is 14.7 Å². The Morgan fingerprint density at radius 2 is 0.875 bits per heavy atom. The maximum Gasteiger partial charge on any atom is 0.344 e. The van der Waals surface area contributed by atoms with Crippen molar-refractivity contribution in [1.82, 2.24) is 25.0 Å². The fraction of sp³-hybridized carbons (Fsp3) is 0.182. The Morgan fingerprint density at radius 1 is 0.531 bits per heavy atom. The van der Waals surface area contributed by atoms with Crippen molar-refractivity contribution in [1.29, 1.82) is 0 Å². The predicted molar refractivity (Wildman–Crippen MR) is 256 cm³/mol. The van der Waals surface area contributed by atoms with Gasteiger partial charge in [0, 0.05) is 68.2 Å². The average Bonchev–Trinajstić information content (AvgIpc) is 4.15. The van der Waals surface area contributed by atoms with Crippen LogP contribution in [0.1, 0.15) is 63.3 Å². The molecule has 9 heteroatoms. The normalized spacial score (nSPS) is 15.6. The number of aromatic nitrogens is 4. The van der Waals surface area contributed by atoms with Gasteiger partial charge in [-0.25, -0.2) is 14.8 Å². The third-order valence-electron chi connectivity index (χ3n) is 12.3. The summed E-state index contributed by atoms with van der Waals surface area (Å²) in [6.45, 7) is 7.30. The Hall–Kier alpha value is -7.33. The number of ether oxygens (including phenoxy) is 2. The second kappa shape index (κ2) is 16.4. The summed E-state index contributed by atoms with van der Waals surface area (Å²) in [6.07, 6.45) is 8.90. The number of hydrogen-bond donors (Lipinski definition) is 2. The number of aromatic amines is 2. The van der Waals surface area contributed by atoms with Gasteiger partial charge in [0.1, 0.15) is 11.9 Å². The van der Waals surface area contributed by atoms with Crippen molar-refractivity contribution < 1.29 is 19.5 Å². The summed E-state index contributed by atoms with van der Waals surface area (Å²) in [4.78, 5) is 31.4. The molecule has 0 spiro atoms. The number of carbonyl (C=O) groups is 1. The number of nitrogens with zero attached hydrogens (tertiary/aromatic N) is 3. The van der Waals surface area contributed by atoms with Crippen LogP contribution < -0.4 is 4.74 Å². The smallest absolute Gasteiger partial charge is 0.344 e. The third kappa shape index (κ3) is 7.85. The minimum atomic E-state index is -0.647. The van der Waals surface area contributed by atoms with E-state index in [4.69, 9.17) is 19.4 Å². The highest BCUT2D eigenvalue weighted by Crippen LogP contribution is 2.40. The second-order valence-corrected chi connectivity index (χ2v) is 17.9. The minimum absolute atomic E-state index is 0.249. The number of H-pyrrole nitrogens is 2. The van der Waals surface area contributed by atoms with E-state index >= 15 is 0 Å². The SMILES string of the molecule is CC1(C)CC(OC(=O)COc2ccc(-c3c4nc(c(-c5ccccc5)c5ccc([nH]5)c(-c5ccccc5)c5nc(c(-c6ccccc6)c6ccc3[nH]6)C=C5)C=C4)cc2)CC(C)(C)N1[O]. The van der Waals surface area contributed by atoms with Gasteiger partial charge >= 0.3 is 5.97 Å². The summed E-state index contributed by atoms with van der Waals surface area (Å²) in [5, 5.41) is 14.0. The molecule has 0 aliphatic carbocycles. The molecule has 0 amide bonds. The number of hydrogen-bond acceptors (Lipinski definition) is 6. The van der Waals surface area contributed by atoms with Gasteiger partial charge < -0.3 is 19.4 Å². The number of hydroxylamine groups is 2. The molecule has 1 radical (unpaired) electrons. The summed E-state index contributed by atoms with van der Waals surface area (Å²) < 4.78 is 11.8. The molecule has 0 atom stereocenters. The summed E-state index contributed by atoms with van der Waals surface area (Å²) in [5.41, 5.74) is 13.6. The lowest BCUT2D eigenvalue weighted by atomic mass is 9.80.